The Morgan fingerprint density at radius 3 is 2.74 bits per heavy atom. The Labute approximate surface area is 107 Å². The van der Waals surface area contributed by atoms with Crippen LogP contribution in [0.5, 0.6) is 5.75 Å². The van der Waals surface area contributed by atoms with Gasteiger partial charge in [0.25, 0.3) is 0 Å². The summed E-state index contributed by atoms with van der Waals surface area (Å²) in [6.45, 7) is 1.74. The number of aromatic carboxylic acids is 1. The molecule has 1 aromatic heterocycles. The third kappa shape index (κ3) is 1.95. The van der Waals surface area contributed by atoms with E-state index in [0.29, 0.717) is 12.0 Å². The van der Waals surface area contributed by atoms with Crippen LogP contribution in [0.25, 0.3) is 10.9 Å². The van der Waals surface area contributed by atoms with Gasteiger partial charge in [-0.2, -0.15) is 0 Å². The molecule has 0 amide bonds. The smallest absolute Gasteiger partial charge is 0.341 e. The summed E-state index contributed by atoms with van der Waals surface area (Å²) in [6.07, 6.45) is 1.41. The molecule has 1 aromatic carbocycles. The van der Waals surface area contributed by atoms with Gasteiger partial charge in [0.15, 0.2) is 11.6 Å². The van der Waals surface area contributed by atoms with Crippen LogP contribution in [0.2, 0.25) is 0 Å². The highest BCUT2D eigenvalue weighted by Gasteiger charge is 2.18. The summed E-state index contributed by atoms with van der Waals surface area (Å²) in [5, 5.41) is 9.01. The molecule has 0 bridgehead atoms. The highest BCUT2D eigenvalue weighted by atomic mass is 19.1. The van der Waals surface area contributed by atoms with Crippen molar-refractivity contribution < 1.29 is 19.0 Å². The zero-order valence-corrected chi connectivity index (χ0v) is 10.4. The number of rotatable bonds is 3. The molecule has 19 heavy (non-hydrogen) atoms. The summed E-state index contributed by atoms with van der Waals surface area (Å²) in [5.41, 5.74) is -0.581. The number of methoxy groups -OCH3 is 1. The summed E-state index contributed by atoms with van der Waals surface area (Å²) in [5.74, 6) is -1.95. The Morgan fingerprint density at radius 1 is 1.53 bits per heavy atom. The average Bonchev–Trinajstić information content (AvgIpc) is 2.38. The normalized spacial score (nSPS) is 10.7. The lowest BCUT2D eigenvalue weighted by Gasteiger charge is -2.10. The quantitative estimate of drug-likeness (QED) is 0.888. The standard InChI is InChI=1S/C13H12FNO4/c1-3-6-4-7-10(12(19-2)9(6)14)15-5-8(11(7)16)13(17)18/h4-5H,3H2,1-2H3,(H,15,16)(H,17,18). The van der Waals surface area contributed by atoms with Gasteiger partial charge < -0.3 is 14.8 Å². The number of aromatic nitrogens is 1. The van der Waals surface area contributed by atoms with E-state index in [1.807, 2.05) is 0 Å². The molecular formula is C13H12FNO4. The number of carboxylic acid groups (broad SMARTS) is 1. The molecule has 0 saturated heterocycles. The molecule has 1 heterocycles. The van der Waals surface area contributed by atoms with Crippen LogP contribution in [0.1, 0.15) is 22.8 Å². The Balaban J connectivity index is 2.95. The Morgan fingerprint density at radius 2 is 2.21 bits per heavy atom. The van der Waals surface area contributed by atoms with Crippen molar-refractivity contribution >= 4 is 16.9 Å². The molecule has 0 radical (unpaired) electrons. The van der Waals surface area contributed by atoms with Crippen molar-refractivity contribution in [2.24, 2.45) is 0 Å². The first-order valence-electron chi connectivity index (χ1n) is 5.65. The van der Waals surface area contributed by atoms with Gasteiger partial charge in [0.2, 0.25) is 5.43 Å². The van der Waals surface area contributed by atoms with E-state index in [-0.39, 0.29) is 22.2 Å². The Kier molecular flexibility index (Phi) is 3.25. The van der Waals surface area contributed by atoms with E-state index in [2.05, 4.69) is 4.98 Å². The second kappa shape index (κ2) is 4.72. The topological polar surface area (TPSA) is 79.4 Å². The average molecular weight is 265 g/mol. The van der Waals surface area contributed by atoms with Crippen molar-refractivity contribution in [3.63, 3.8) is 0 Å². The fraction of sp³-hybridized carbons (Fsp3) is 0.231. The van der Waals surface area contributed by atoms with E-state index >= 15 is 0 Å². The maximum atomic E-state index is 14.0. The molecule has 0 spiro atoms. The van der Waals surface area contributed by atoms with Crippen molar-refractivity contribution in [2.75, 3.05) is 7.11 Å². The number of benzene rings is 1. The predicted molar refractivity (Wildman–Crippen MR) is 67.4 cm³/mol. The summed E-state index contributed by atoms with van der Waals surface area (Å²) in [4.78, 5) is 25.6. The number of halogens is 1. The number of aromatic amines is 1. The van der Waals surface area contributed by atoms with E-state index in [1.165, 1.54) is 13.2 Å². The van der Waals surface area contributed by atoms with Gasteiger partial charge in [-0.1, -0.05) is 6.92 Å². The molecule has 2 rings (SSSR count). The molecule has 5 nitrogen and oxygen atoms in total. The number of hydrogen-bond acceptors (Lipinski definition) is 3. The molecule has 0 aliphatic rings. The van der Waals surface area contributed by atoms with Gasteiger partial charge in [0, 0.05) is 6.20 Å². The third-order valence-corrected chi connectivity index (χ3v) is 2.96. The van der Waals surface area contributed by atoms with Crippen molar-refractivity contribution in [1.82, 2.24) is 4.98 Å². The summed E-state index contributed by atoms with van der Waals surface area (Å²) < 4.78 is 19.0. The molecule has 0 unspecified atom stereocenters. The van der Waals surface area contributed by atoms with Crippen LogP contribution in [0.4, 0.5) is 4.39 Å². The molecule has 0 aliphatic carbocycles. The van der Waals surface area contributed by atoms with Crippen LogP contribution < -0.4 is 10.2 Å². The third-order valence-electron chi connectivity index (χ3n) is 2.96. The van der Waals surface area contributed by atoms with Gasteiger partial charge >= 0.3 is 5.97 Å². The number of hydrogen-bond donors (Lipinski definition) is 2. The van der Waals surface area contributed by atoms with E-state index in [4.69, 9.17) is 9.84 Å². The number of nitrogens with one attached hydrogen (secondary N) is 1. The number of aryl methyl sites for hydroxylation is 1. The lowest BCUT2D eigenvalue weighted by Crippen LogP contribution is -2.16. The monoisotopic (exact) mass is 265 g/mol. The van der Waals surface area contributed by atoms with E-state index in [0.717, 1.165) is 6.20 Å². The minimum atomic E-state index is -1.33. The minimum absolute atomic E-state index is 0.0802. The van der Waals surface area contributed by atoms with Crippen LogP contribution in [-0.2, 0) is 6.42 Å². The van der Waals surface area contributed by atoms with Crippen molar-refractivity contribution in [1.29, 1.82) is 0 Å². The number of ether oxygens (including phenoxy) is 1. The summed E-state index contributed by atoms with van der Waals surface area (Å²) >= 11 is 0. The minimum Gasteiger partial charge on any atom is -0.492 e. The zero-order chi connectivity index (χ0) is 14.2. The molecule has 0 saturated carbocycles. The van der Waals surface area contributed by atoms with E-state index < -0.39 is 17.2 Å². The number of H-pyrrole nitrogens is 1. The van der Waals surface area contributed by atoms with Crippen molar-refractivity contribution in [3.05, 3.63) is 39.4 Å². The number of fused-ring (bicyclic) bond motifs is 1. The fourth-order valence-corrected chi connectivity index (χ4v) is 1.97. The summed E-state index contributed by atoms with van der Waals surface area (Å²) in [6, 6.07) is 1.36. The van der Waals surface area contributed by atoms with Crippen LogP contribution in [0.3, 0.4) is 0 Å². The van der Waals surface area contributed by atoms with E-state index in [1.54, 1.807) is 6.92 Å². The maximum Gasteiger partial charge on any atom is 0.341 e. The molecule has 0 atom stereocenters. The van der Waals surface area contributed by atoms with Gasteiger partial charge in [-0.3, -0.25) is 4.79 Å². The first kappa shape index (κ1) is 13.1. The lowest BCUT2D eigenvalue weighted by molar-refractivity contribution is 0.0695. The highest BCUT2D eigenvalue weighted by molar-refractivity contribution is 5.94. The molecule has 2 aromatic rings. The zero-order valence-electron chi connectivity index (χ0n) is 10.4. The van der Waals surface area contributed by atoms with Gasteiger partial charge in [0.05, 0.1) is 18.0 Å². The number of carboxylic acids is 1. The second-order valence-corrected chi connectivity index (χ2v) is 4.00. The SMILES string of the molecule is CCc1cc2c(=O)c(C(=O)O)c[nH]c2c(OC)c1F. The second-order valence-electron chi connectivity index (χ2n) is 4.00. The maximum absolute atomic E-state index is 14.0. The van der Waals surface area contributed by atoms with Crippen LogP contribution in [0.15, 0.2) is 17.1 Å². The first-order valence-corrected chi connectivity index (χ1v) is 5.65. The molecule has 2 N–H and O–H groups in total. The van der Waals surface area contributed by atoms with Crippen LogP contribution >= 0.6 is 0 Å². The van der Waals surface area contributed by atoms with Crippen LogP contribution in [-0.4, -0.2) is 23.2 Å². The fourth-order valence-electron chi connectivity index (χ4n) is 1.97. The summed E-state index contributed by atoms with van der Waals surface area (Å²) in [7, 11) is 1.29. The van der Waals surface area contributed by atoms with Gasteiger partial charge in [-0.25, -0.2) is 9.18 Å². The molecule has 0 aliphatic heterocycles. The lowest BCUT2D eigenvalue weighted by atomic mass is 10.1. The molecule has 100 valence electrons. The number of pyridine rings is 1. The molecule has 6 heteroatoms. The number of carbonyl (C=O) groups is 1. The van der Waals surface area contributed by atoms with Crippen LogP contribution in [0, 0.1) is 5.82 Å². The first-order chi connectivity index (χ1) is 9.01. The Hall–Kier alpha value is -2.37. The molecule has 0 fully saturated rings. The Bertz CT molecular complexity index is 721. The van der Waals surface area contributed by atoms with Gasteiger partial charge in [0.1, 0.15) is 5.56 Å². The molecular weight excluding hydrogens is 253 g/mol. The van der Waals surface area contributed by atoms with Gasteiger partial charge in [-0.05, 0) is 18.1 Å². The van der Waals surface area contributed by atoms with E-state index in [9.17, 15) is 14.0 Å². The largest absolute Gasteiger partial charge is 0.492 e. The van der Waals surface area contributed by atoms with Crippen molar-refractivity contribution in [2.45, 2.75) is 13.3 Å². The van der Waals surface area contributed by atoms with Gasteiger partial charge in [-0.15, -0.1) is 0 Å². The van der Waals surface area contributed by atoms with Crippen molar-refractivity contribution in [3.8, 4) is 5.75 Å². The predicted octanol–water partition coefficient (Wildman–Crippen LogP) is 1.94. The highest BCUT2D eigenvalue weighted by Crippen LogP contribution is 2.28.